The van der Waals surface area contributed by atoms with E-state index in [0.29, 0.717) is 6.54 Å². The molecule has 0 atom stereocenters. The molecule has 0 aliphatic rings. The summed E-state index contributed by atoms with van der Waals surface area (Å²) in [5.41, 5.74) is 2.28. The molecule has 0 aliphatic carbocycles. The third kappa shape index (κ3) is 4.70. The normalized spacial score (nSPS) is 10.5. The molecule has 2 aromatic carbocycles. The first-order valence-corrected chi connectivity index (χ1v) is 8.73. The van der Waals surface area contributed by atoms with Gasteiger partial charge in [0.05, 0.1) is 0 Å². The van der Waals surface area contributed by atoms with Gasteiger partial charge in [0.15, 0.2) is 0 Å². The Morgan fingerprint density at radius 3 is 2.52 bits per heavy atom. The topological polar surface area (TPSA) is 41.1 Å². The molecule has 3 aromatic rings. The third-order valence-electron chi connectivity index (χ3n) is 3.94. The third-order valence-corrected chi connectivity index (χ3v) is 4.31. The maximum atomic E-state index is 6.20. The van der Waals surface area contributed by atoms with Gasteiger partial charge in [-0.25, -0.2) is 4.98 Å². The molecule has 1 aromatic heterocycles. The van der Waals surface area contributed by atoms with Gasteiger partial charge in [0.25, 0.3) is 0 Å². The quantitative estimate of drug-likeness (QED) is 0.665. The molecule has 3 rings (SSSR count). The van der Waals surface area contributed by atoms with Gasteiger partial charge in [-0.3, -0.25) is 0 Å². The fraction of sp³-hybridized carbons (Fsp3) is 0.200. The maximum Gasteiger partial charge on any atom is 0.227 e. The lowest BCUT2D eigenvalue weighted by Gasteiger charge is -2.21. The lowest BCUT2D eigenvalue weighted by molar-refractivity contribution is 0.791. The predicted molar refractivity (Wildman–Crippen MR) is 104 cm³/mol. The van der Waals surface area contributed by atoms with Crippen LogP contribution >= 0.6 is 11.6 Å². The molecule has 0 aliphatic heterocycles. The summed E-state index contributed by atoms with van der Waals surface area (Å²) in [7, 11) is 0. The highest BCUT2D eigenvalue weighted by Crippen LogP contribution is 2.18. The second-order valence-corrected chi connectivity index (χ2v) is 6.09. The Bertz CT molecular complexity index is 808. The Hall–Kier alpha value is -2.59. The van der Waals surface area contributed by atoms with Crippen LogP contribution in [0.15, 0.2) is 66.9 Å². The summed E-state index contributed by atoms with van der Waals surface area (Å²) in [5.74, 6) is 1.51. The Morgan fingerprint density at radius 2 is 1.76 bits per heavy atom. The number of nitrogens with one attached hydrogen (secondary N) is 1. The minimum atomic E-state index is 0.626. The lowest BCUT2D eigenvalue weighted by Crippen LogP contribution is -2.24. The highest BCUT2D eigenvalue weighted by molar-refractivity contribution is 6.31. The molecule has 128 valence electrons. The number of rotatable bonds is 7. The number of nitrogens with zero attached hydrogens (tertiary/aromatic N) is 3. The summed E-state index contributed by atoms with van der Waals surface area (Å²) in [4.78, 5) is 11.2. The largest absolute Gasteiger partial charge is 0.366 e. The van der Waals surface area contributed by atoms with E-state index in [1.165, 1.54) is 5.56 Å². The highest BCUT2D eigenvalue weighted by Gasteiger charge is 2.09. The van der Waals surface area contributed by atoms with Gasteiger partial charge < -0.3 is 10.2 Å². The van der Waals surface area contributed by atoms with Crippen LogP contribution in [0.3, 0.4) is 0 Å². The van der Waals surface area contributed by atoms with Crippen molar-refractivity contribution in [3.8, 4) is 0 Å². The standard InChI is InChI=1S/C20H21ClN4/c1-2-25(15-16-8-4-3-5-9-16)20-22-13-12-19(24-20)23-14-17-10-6-7-11-18(17)21/h3-13H,2,14-15H2,1H3,(H,22,23,24). The summed E-state index contributed by atoms with van der Waals surface area (Å²) < 4.78 is 0. The van der Waals surface area contributed by atoms with E-state index < -0.39 is 0 Å². The molecule has 1 heterocycles. The van der Waals surface area contributed by atoms with Crippen molar-refractivity contribution in [2.24, 2.45) is 0 Å². The molecule has 5 heteroatoms. The molecule has 0 saturated carbocycles. The van der Waals surface area contributed by atoms with Crippen molar-refractivity contribution in [3.63, 3.8) is 0 Å². The predicted octanol–water partition coefficient (Wildman–Crippen LogP) is 4.77. The number of aromatic nitrogens is 2. The van der Waals surface area contributed by atoms with Crippen molar-refractivity contribution in [2.75, 3.05) is 16.8 Å². The number of halogens is 1. The van der Waals surface area contributed by atoms with Gasteiger partial charge in [0, 0.05) is 30.9 Å². The SMILES string of the molecule is CCN(Cc1ccccc1)c1nccc(NCc2ccccc2Cl)n1. The van der Waals surface area contributed by atoms with Gasteiger partial charge in [-0.1, -0.05) is 60.1 Å². The summed E-state index contributed by atoms with van der Waals surface area (Å²) in [5, 5.41) is 4.08. The molecule has 0 fully saturated rings. The van der Waals surface area contributed by atoms with E-state index in [1.54, 1.807) is 6.20 Å². The van der Waals surface area contributed by atoms with E-state index in [0.717, 1.165) is 35.4 Å². The van der Waals surface area contributed by atoms with Crippen molar-refractivity contribution in [1.82, 2.24) is 9.97 Å². The first-order valence-electron chi connectivity index (χ1n) is 8.35. The first-order chi connectivity index (χ1) is 12.3. The zero-order valence-electron chi connectivity index (χ0n) is 14.2. The molecule has 0 amide bonds. The first kappa shape index (κ1) is 17.2. The molecule has 0 bridgehead atoms. The van der Waals surface area contributed by atoms with Gasteiger partial charge in [-0.05, 0) is 30.2 Å². The van der Waals surface area contributed by atoms with Crippen LogP contribution in [0.2, 0.25) is 5.02 Å². The second kappa shape index (κ2) is 8.49. The van der Waals surface area contributed by atoms with Crippen molar-refractivity contribution in [2.45, 2.75) is 20.0 Å². The maximum absolute atomic E-state index is 6.20. The molecule has 0 saturated heterocycles. The van der Waals surface area contributed by atoms with Crippen LogP contribution in [0, 0.1) is 0 Å². The number of anilines is 2. The van der Waals surface area contributed by atoms with E-state index >= 15 is 0 Å². The number of hydrogen-bond donors (Lipinski definition) is 1. The minimum Gasteiger partial charge on any atom is -0.366 e. The van der Waals surface area contributed by atoms with Gasteiger partial charge in [-0.2, -0.15) is 4.98 Å². The Morgan fingerprint density at radius 1 is 1.00 bits per heavy atom. The number of benzene rings is 2. The Kier molecular flexibility index (Phi) is 5.86. The summed E-state index contributed by atoms with van der Waals surface area (Å²) in [6.07, 6.45) is 1.78. The van der Waals surface area contributed by atoms with Gasteiger partial charge in [0.2, 0.25) is 5.95 Å². The van der Waals surface area contributed by atoms with Crippen LogP contribution in [0.5, 0.6) is 0 Å². The van der Waals surface area contributed by atoms with E-state index in [2.05, 4.69) is 39.2 Å². The smallest absolute Gasteiger partial charge is 0.227 e. The average Bonchev–Trinajstić information content (AvgIpc) is 2.66. The molecule has 4 nitrogen and oxygen atoms in total. The molecular formula is C20H21ClN4. The van der Waals surface area contributed by atoms with Crippen LogP contribution in [0.4, 0.5) is 11.8 Å². The van der Waals surface area contributed by atoms with Crippen molar-refractivity contribution in [3.05, 3.63) is 83.0 Å². The van der Waals surface area contributed by atoms with Gasteiger partial charge in [-0.15, -0.1) is 0 Å². The van der Waals surface area contributed by atoms with Crippen molar-refractivity contribution < 1.29 is 0 Å². The molecule has 0 radical (unpaired) electrons. The fourth-order valence-corrected chi connectivity index (χ4v) is 2.76. The van der Waals surface area contributed by atoms with Crippen LogP contribution in [-0.4, -0.2) is 16.5 Å². The van der Waals surface area contributed by atoms with E-state index in [1.807, 2.05) is 48.5 Å². The van der Waals surface area contributed by atoms with Gasteiger partial charge >= 0.3 is 0 Å². The van der Waals surface area contributed by atoms with Crippen LogP contribution in [-0.2, 0) is 13.1 Å². The summed E-state index contributed by atoms with van der Waals surface area (Å²) in [6, 6.07) is 20.0. The number of hydrogen-bond acceptors (Lipinski definition) is 4. The molecule has 1 N–H and O–H groups in total. The molecule has 0 unspecified atom stereocenters. The second-order valence-electron chi connectivity index (χ2n) is 5.69. The van der Waals surface area contributed by atoms with Crippen molar-refractivity contribution >= 4 is 23.4 Å². The van der Waals surface area contributed by atoms with Crippen LogP contribution < -0.4 is 10.2 Å². The monoisotopic (exact) mass is 352 g/mol. The van der Waals surface area contributed by atoms with E-state index in [9.17, 15) is 0 Å². The lowest BCUT2D eigenvalue weighted by atomic mass is 10.2. The average molecular weight is 353 g/mol. The van der Waals surface area contributed by atoms with Crippen molar-refractivity contribution in [1.29, 1.82) is 0 Å². The summed E-state index contributed by atoms with van der Waals surface area (Å²) >= 11 is 6.20. The Labute approximate surface area is 153 Å². The van der Waals surface area contributed by atoms with E-state index in [-0.39, 0.29) is 0 Å². The fourth-order valence-electron chi connectivity index (χ4n) is 2.55. The molecule has 25 heavy (non-hydrogen) atoms. The Balaban J connectivity index is 1.70. The zero-order valence-corrected chi connectivity index (χ0v) is 14.9. The zero-order chi connectivity index (χ0) is 17.5. The minimum absolute atomic E-state index is 0.626. The van der Waals surface area contributed by atoms with Crippen LogP contribution in [0.25, 0.3) is 0 Å². The highest BCUT2D eigenvalue weighted by atomic mass is 35.5. The van der Waals surface area contributed by atoms with E-state index in [4.69, 9.17) is 11.6 Å². The molecular weight excluding hydrogens is 332 g/mol. The van der Waals surface area contributed by atoms with Gasteiger partial charge in [0.1, 0.15) is 5.82 Å². The molecule has 0 spiro atoms. The van der Waals surface area contributed by atoms with Crippen LogP contribution in [0.1, 0.15) is 18.1 Å². The summed E-state index contributed by atoms with van der Waals surface area (Å²) in [6.45, 7) is 4.35.